The van der Waals surface area contributed by atoms with Gasteiger partial charge in [0.15, 0.2) is 11.2 Å². The minimum absolute atomic E-state index is 0.377. The first-order valence-electron chi connectivity index (χ1n) is 4.17. The van der Waals surface area contributed by atoms with Crippen molar-refractivity contribution in [3.8, 4) is 0 Å². The average Bonchev–Trinajstić information content (AvgIpc) is 2.67. The number of aromatic nitrogens is 2. The van der Waals surface area contributed by atoms with Crippen LogP contribution in [-0.2, 0) is 11.3 Å². The van der Waals surface area contributed by atoms with Gasteiger partial charge in [-0.05, 0) is 6.92 Å². The summed E-state index contributed by atoms with van der Waals surface area (Å²) in [7, 11) is 1.59. The van der Waals surface area contributed by atoms with E-state index in [-0.39, 0.29) is 0 Å². The Bertz CT molecular complexity index is 472. The first kappa shape index (κ1) is 9.36. The second-order valence-corrected chi connectivity index (χ2v) is 3.83. The first-order chi connectivity index (χ1) is 6.77. The summed E-state index contributed by atoms with van der Waals surface area (Å²) in [5, 5.41) is 1.98. The summed E-state index contributed by atoms with van der Waals surface area (Å²) in [5.74, 6) is 0. The molecule has 14 heavy (non-hydrogen) atoms. The lowest BCUT2D eigenvalue weighted by atomic mass is 10.3. The summed E-state index contributed by atoms with van der Waals surface area (Å²) in [4.78, 5) is 16.1. The normalized spacial score (nSPS) is 11.0. The third-order valence-electron chi connectivity index (χ3n) is 2.04. The zero-order valence-electron chi connectivity index (χ0n) is 7.98. The van der Waals surface area contributed by atoms with Gasteiger partial charge in [-0.15, -0.1) is 11.3 Å². The number of thiazole rings is 1. The molecule has 0 amide bonds. The van der Waals surface area contributed by atoms with Crippen molar-refractivity contribution in [2.24, 2.45) is 0 Å². The fraction of sp³-hybridized carbons (Fsp3) is 0.333. The van der Waals surface area contributed by atoms with E-state index < -0.39 is 0 Å². The number of methoxy groups -OCH3 is 1. The molecule has 0 fully saturated rings. The van der Waals surface area contributed by atoms with Crippen LogP contribution in [-0.4, -0.2) is 22.8 Å². The number of fused-ring (bicyclic) bond motifs is 1. The van der Waals surface area contributed by atoms with Crippen molar-refractivity contribution in [1.29, 1.82) is 0 Å². The van der Waals surface area contributed by atoms with Crippen LogP contribution in [0.5, 0.6) is 0 Å². The van der Waals surface area contributed by atoms with E-state index in [1.807, 2.05) is 16.7 Å². The lowest BCUT2D eigenvalue weighted by Crippen LogP contribution is -1.97. The summed E-state index contributed by atoms with van der Waals surface area (Å²) < 4.78 is 6.83. The van der Waals surface area contributed by atoms with Crippen LogP contribution in [0.1, 0.15) is 21.9 Å². The Morgan fingerprint density at radius 3 is 3.14 bits per heavy atom. The van der Waals surface area contributed by atoms with Crippen LogP contribution < -0.4 is 0 Å². The molecule has 0 aliphatic carbocycles. The Kier molecular flexibility index (Phi) is 2.35. The van der Waals surface area contributed by atoms with Gasteiger partial charge in [0.05, 0.1) is 12.3 Å². The second-order valence-electron chi connectivity index (χ2n) is 2.99. The number of imidazole rings is 1. The van der Waals surface area contributed by atoms with Crippen molar-refractivity contribution >= 4 is 22.6 Å². The highest BCUT2D eigenvalue weighted by Gasteiger charge is 2.13. The Labute approximate surface area is 85.1 Å². The zero-order valence-corrected chi connectivity index (χ0v) is 8.80. The van der Waals surface area contributed by atoms with Gasteiger partial charge in [0.25, 0.3) is 0 Å². The third kappa shape index (κ3) is 1.25. The van der Waals surface area contributed by atoms with Crippen molar-refractivity contribution < 1.29 is 9.53 Å². The van der Waals surface area contributed by atoms with Crippen LogP contribution in [0.25, 0.3) is 4.96 Å². The molecule has 0 atom stereocenters. The zero-order chi connectivity index (χ0) is 10.1. The topological polar surface area (TPSA) is 43.6 Å². The monoisotopic (exact) mass is 210 g/mol. The van der Waals surface area contributed by atoms with Gasteiger partial charge in [-0.3, -0.25) is 9.20 Å². The first-order valence-corrected chi connectivity index (χ1v) is 5.05. The molecule has 0 radical (unpaired) electrons. The van der Waals surface area contributed by atoms with Gasteiger partial charge >= 0.3 is 0 Å². The minimum atomic E-state index is 0.377. The number of hydrogen-bond acceptors (Lipinski definition) is 4. The predicted octanol–water partition coefficient (Wildman–Crippen LogP) is 1.66. The molecule has 0 bridgehead atoms. The van der Waals surface area contributed by atoms with Gasteiger partial charge in [-0.1, -0.05) is 0 Å². The Balaban J connectivity index is 2.67. The molecular weight excluding hydrogens is 200 g/mol. The van der Waals surface area contributed by atoms with Crippen molar-refractivity contribution in [2.45, 2.75) is 13.5 Å². The molecule has 74 valence electrons. The van der Waals surface area contributed by atoms with E-state index in [9.17, 15) is 4.79 Å². The van der Waals surface area contributed by atoms with E-state index in [4.69, 9.17) is 4.74 Å². The number of aldehydes is 1. The fourth-order valence-corrected chi connectivity index (χ4v) is 2.32. The largest absolute Gasteiger partial charge is 0.378 e. The number of rotatable bonds is 3. The van der Waals surface area contributed by atoms with Crippen LogP contribution in [0.2, 0.25) is 0 Å². The van der Waals surface area contributed by atoms with Crippen LogP contribution in [0.15, 0.2) is 5.38 Å². The van der Waals surface area contributed by atoms with Gasteiger partial charge in [0.1, 0.15) is 5.69 Å². The molecule has 2 aromatic rings. The maximum atomic E-state index is 10.9. The fourth-order valence-electron chi connectivity index (χ4n) is 1.43. The third-order valence-corrected chi connectivity index (χ3v) is 2.98. The minimum Gasteiger partial charge on any atom is -0.378 e. The maximum Gasteiger partial charge on any atom is 0.194 e. The lowest BCUT2D eigenvalue weighted by Gasteiger charge is -1.96. The van der Waals surface area contributed by atoms with Crippen molar-refractivity contribution in [3.05, 3.63) is 22.5 Å². The predicted molar refractivity (Wildman–Crippen MR) is 53.9 cm³/mol. The molecule has 0 aromatic carbocycles. The Hall–Kier alpha value is -1.20. The summed E-state index contributed by atoms with van der Waals surface area (Å²) >= 11 is 1.53. The van der Waals surface area contributed by atoms with Crippen molar-refractivity contribution in [3.63, 3.8) is 0 Å². The Morgan fingerprint density at radius 2 is 2.50 bits per heavy atom. The van der Waals surface area contributed by atoms with Crippen molar-refractivity contribution in [2.75, 3.05) is 7.11 Å². The molecule has 2 aromatic heterocycles. The molecule has 0 unspecified atom stereocenters. The molecule has 2 heterocycles. The van der Waals surface area contributed by atoms with Gasteiger partial charge in [-0.25, -0.2) is 4.98 Å². The summed E-state index contributed by atoms with van der Waals surface area (Å²) in [6.07, 6.45) is 0.827. The molecule has 0 spiro atoms. The van der Waals surface area contributed by atoms with Gasteiger partial charge in [-0.2, -0.15) is 0 Å². The van der Waals surface area contributed by atoms with Gasteiger partial charge < -0.3 is 4.74 Å². The maximum absolute atomic E-state index is 10.9. The van der Waals surface area contributed by atoms with E-state index >= 15 is 0 Å². The van der Waals surface area contributed by atoms with Gasteiger partial charge in [0, 0.05) is 18.2 Å². The van der Waals surface area contributed by atoms with Crippen LogP contribution in [0.3, 0.4) is 0 Å². The summed E-state index contributed by atoms with van der Waals surface area (Å²) in [6, 6.07) is 0. The van der Waals surface area contributed by atoms with Crippen LogP contribution in [0.4, 0.5) is 0 Å². The Morgan fingerprint density at radius 1 is 1.71 bits per heavy atom. The number of aryl methyl sites for hydroxylation is 1. The standard InChI is InChI=1S/C9H10N2O2S/c1-6-5-14-9-10-7(4-13-2)8(3-12)11(6)9/h3,5H,4H2,1-2H3. The molecule has 2 rings (SSSR count). The molecule has 0 N–H and O–H groups in total. The van der Waals surface area contributed by atoms with Crippen molar-refractivity contribution in [1.82, 2.24) is 9.38 Å². The second kappa shape index (κ2) is 3.51. The average molecular weight is 210 g/mol. The van der Waals surface area contributed by atoms with E-state index in [0.29, 0.717) is 18.0 Å². The highest BCUT2D eigenvalue weighted by molar-refractivity contribution is 7.15. The lowest BCUT2D eigenvalue weighted by molar-refractivity contribution is 0.111. The van der Waals surface area contributed by atoms with Crippen LogP contribution >= 0.6 is 11.3 Å². The van der Waals surface area contributed by atoms with E-state index in [1.165, 1.54) is 11.3 Å². The molecular formula is C9H10N2O2S. The number of hydrogen-bond donors (Lipinski definition) is 0. The highest BCUT2D eigenvalue weighted by Crippen LogP contribution is 2.19. The highest BCUT2D eigenvalue weighted by atomic mass is 32.1. The molecule has 0 saturated heterocycles. The number of carbonyl (C=O) groups is 1. The van der Waals surface area contributed by atoms with E-state index in [0.717, 1.165) is 16.9 Å². The molecule has 5 heteroatoms. The van der Waals surface area contributed by atoms with Crippen LogP contribution in [0, 0.1) is 6.92 Å². The summed E-state index contributed by atoms with van der Waals surface area (Å²) in [6.45, 7) is 2.33. The molecule has 0 aliphatic heterocycles. The quantitative estimate of drug-likeness (QED) is 0.724. The number of nitrogens with zero attached hydrogens (tertiary/aromatic N) is 2. The molecule has 0 aliphatic rings. The molecule has 4 nitrogen and oxygen atoms in total. The smallest absolute Gasteiger partial charge is 0.194 e. The SMILES string of the molecule is COCc1nc2scc(C)n2c1C=O. The number of carbonyl (C=O) groups excluding carboxylic acids is 1. The van der Waals surface area contributed by atoms with Gasteiger partial charge in [0.2, 0.25) is 0 Å². The molecule has 0 saturated carbocycles. The van der Waals surface area contributed by atoms with E-state index in [1.54, 1.807) is 7.11 Å². The van der Waals surface area contributed by atoms with E-state index in [2.05, 4.69) is 4.98 Å². The number of ether oxygens (including phenoxy) is 1. The summed E-state index contributed by atoms with van der Waals surface area (Å²) in [5.41, 5.74) is 2.33.